The van der Waals surface area contributed by atoms with Crippen molar-refractivity contribution in [3.63, 3.8) is 0 Å². The number of benzene rings is 1. The molecule has 0 radical (unpaired) electrons. The Bertz CT molecular complexity index is 529. The molecule has 0 heterocycles. The second-order valence-electron chi connectivity index (χ2n) is 4.81. The highest BCUT2D eigenvalue weighted by molar-refractivity contribution is 6.11. The molecular formula is C15H18N2O. The summed E-state index contributed by atoms with van der Waals surface area (Å²) in [5, 5.41) is 16.9. The van der Waals surface area contributed by atoms with Crippen LogP contribution in [0.5, 0.6) is 0 Å². The summed E-state index contributed by atoms with van der Waals surface area (Å²) in [6.45, 7) is 3.92. The van der Waals surface area contributed by atoms with Gasteiger partial charge in [-0.15, -0.1) is 0 Å². The first-order valence-corrected chi connectivity index (χ1v) is 6.16. The molecule has 1 fully saturated rings. The molecule has 1 saturated carbocycles. The fraction of sp³-hybridized carbons (Fsp3) is 0.333. The van der Waals surface area contributed by atoms with E-state index in [0.717, 1.165) is 40.9 Å². The lowest BCUT2D eigenvalue weighted by Gasteiger charge is -2.05. The minimum Gasteiger partial charge on any atom is -0.515 e. The average molecular weight is 242 g/mol. The molecule has 0 bridgehead atoms. The first kappa shape index (κ1) is 12.6. The van der Waals surface area contributed by atoms with E-state index in [1.165, 1.54) is 0 Å². The van der Waals surface area contributed by atoms with Crippen LogP contribution in [0.4, 0.5) is 5.69 Å². The molecule has 1 atom stereocenters. The largest absolute Gasteiger partial charge is 0.515 e. The number of aliphatic hydroxyl groups excluding tert-OH is 1. The number of rotatable bonds is 2. The molecule has 18 heavy (non-hydrogen) atoms. The fourth-order valence-corrected chi connectivity index (χ4v) is 2.17. The van der Waals surface area contributed by atoms with E-state index in [-0.39, 0.29) is 0 Å². The minimum absolute atomic E-state index is 0.311. The van der Waals surface area contributed by atoms with E-state index in [0.29, 0.717) is 12.3 Å². The number of hydrogen-bond acceptors (Lipinski definition) is 3. The van der Waals surface area contributed by atoms with Crippen LogP contribution >= 0.6 is 0 Å². The third-order valence-electron chi connectivity index (χ3n) is 3.33. The maximum absolute atomic E-state index is 9.11. The van der Waals surface area contributed by atoms with Crippen LogP contribution in [-0.2, 0) is 0 Å². The van der Waals surface area contributed by atoms with Crippen molar-refractivity contribution in [1.29, 1.82) is 5.41 Å². The Morgan fingerprint density at radius 1 is 1.44 bits per heavy atom. The van der Waals surface area contributed by atoms with Crippen LogP contribution in [0.2, 0.25) is 0 Å². The fourth-order valence-electron chi connectivity index (χ4n) is 2.17. The van der Waals surface area contributed by atoms with E-state index in [1.54, 1.807) is 0 Å². The predicted molar refractivity (Wildman–Crippen MR) is 75.9 cm³/mol. The van der Waals surface area contributed by atoms with Crippen molar-refractivity contribution in [2.45, 2.75) is 26.7 Å². The Morgan fingerprint density at radius 2 is 2.17 bits per heavy atom. The standard InChI is InChI=1S/C15H18N2O/c1-10-7-12(8-14(10)16)17-15-6-4-3-5-13(15)11(2)9-18/h3-6,9-10,16,18H,7-8H2,1-2H3. The van der Waals surface area contributed by atoms with Gasteiger partial charge in [-0.1, -0.05) is 25.1 Å². The van der Waals surface area contributed by atoms with Gasteiger partial charge in [-0.2, -0.15) is 0 Å². The molecule has 0 saturated heterocycles. The lowest BCUT2D eigenvalue weighted by Crippen LogP contribution is -1.97. The molecule has 0 aliphatic heterocycles. The van der Waals surface area contributed by atoms with Gasteiger partial charge in [0.25, 0.3) is 0 Å². The van der Waals surface area contributed by atoms with Crippen molar-refractivity contribution in [3.05, 3.63) is 36.1 Å². The van der Waals surface area contributed by atoms with Gasteiger partial charge in [0.05, 0.1) is 11.9 Å². The van der Waals surface area contributed by atoms with Crippen LogP contribution in [0, 0.1) is 11.3 Å². The van der Waals surface area contributed by atoms with Gasteiger partial charge in [-0.3, -0.25) is 4.99 Å². The molecular weight excluding hydrogens is 224 g/mol. The lowest BCUT2D eigenvalue weighted by atomic mass is 10.1. The summed E-state index contributed by atoms with van der Waals surface area (Å²) in [5.41, 5.74) is 4.44. The second-order valence-corrected chi connectivity index (χ2v) is 4.81. The molecule has 1 unspecified atom stereocenters. The van der Waals surface area contributed by atoms with E-state index >= 15 is 0 Å². The molecule has 94 valence electrons. The Labute approximate surface area is 107 Å². The van der Waals surface area contributed by atoms with E-state index in [4.69, 9.17) is 10.5 Å². The summed E-state index contributed by atoms with van der Waals surface area (Å²) in [7, 11) is 0. The summed E-state index contributed by atoms with van der Waals surface area (Å²) in [5.74, 6) is 0.311. The molecule has 0 spiro atoms. The van der Waals surface area contributed by atoms with Crippen molar-refractivity contribution < 1.29 is 5.11 Å². The van der Waals surface area contributed by atoms with Crippen LogP contribution in [0.15, 0.2) is 35.5 Å². The van der Waals surface area contributed by atoms with E-state index < -0.39 is 0 Å². The van der Waals surface area contributed by atoms with Crippen LogP contribution < -0.4 is 0 Å². The van der Waals surface area contributed by atoms with Crippen molar-refractivity contribution >= 4 is 22.7 Å². The van der Waals surface area contributed by atoms with Gasteiger partial charge >= 0.3 is 0 Å². The molecule has 0 amide bonds. The highest BCUT2D eigenvalue weighted by Gasteiger charge is 2.22. The number of nitrogens with one attached hydrogen (secondary N) is 1. The van der Waals surface area contributed by atoms with Gasteiger partial charge in [0.2, 0.25) is 0 Å². The third kappa shape index (κ3) is 2.50. The molecule has 1 aromatic rings. The van der Waals surface area contributed by atoms with Gasteiger partial charge in [-0.25, -0.2) is 0 Å². The minimum atomic E-state index is 0.311. The van der Waals surface area contributed by atoms with Gasteiger partial charge in [0.1, 0.15) is 0 Å². The number of nitrogens with zero attached hydrogens (tertiary/aromatic N) is 1. The predicted octanol–water partition coefficient (Wildman–Crippen LogP) is 4.13. The number of aliphatic imine (C=N–C) groups is 1. The lowest BCUT2D eigenvalue weighted by molar-refractivity contribution is 0.475. The maximum Gasteiger partial charge on any atom is 0.0827 e. The Hall–Kier alpha value is -1.90. The smallest absolute Gasteiger partial charge is 0.0827 e. The molecule has 3 nitrogen and oxygen atoms in total. The topological polar surface area (TPSA) is 56.4 Å². The highest BCUT2D eigenvalue weighted by Crippen LogP contribution is 2.28. The third-order valence-corrected chi connectivity index (χ3v) is 3.33. The van der Waals surface area contributed by atoms with E-state index in [2.05, 4.69) is 11.9 Å². The Kier molecular flexibility index (Phi) is 3.60. The van der Waals surface area contributed by atoms with E-state index in [1.807, 2.05) is 31.2 Å². The summed E-state index contributed by atoms with van der Waals surface area (Å²) in [4.78, 5) is 4.65. The van der Waals surface area contributed by atoms with Crippen molar-refractivity contribution in [3.8, 4) is 0 Å². The summed E-state index contributed by atoms with van der Waals surface area (Å²) in [6, 6.07) is 7.77. The molecule has 1 aromatic carbocycles. The first-order valence-electron chi connectivity index (χ1n) is 6.16. The number of allylic oxidation sites excluding steroid dienone is 1. The summed E-state index contributed by atoms with van der Waals surface area (Å²) < 4.78 is 0. The average Bonchev–Trinajstić information content (AvgIpc) is 2.68. The molecule has 3 heteroatoms. The van der Waals surface area contributed by atoms with Gasteiger partial charge in [0, 0.05) is 23.4 Å². The zero-order valence-electron chi connectivity index (χ0n) is 10.8. The quantitative estimate of drug-likeness (QED) is 0.753. The number of hydrogen-bond donors (Lipinski definition) is 2. The molecule has 1 aliphatic rings. The van der Waals surface area contributed by atoms with Crippen molar-refractivity contribution in [1.82, 2.24) is 0 Å². The van der Waals surface area contributed by atoms with Gasteiger partial charge in [-0.05, 0) is 30.9 Å². The zero-order chi connectivity index (χ0) is 13.1. The van der Waals surface area contributed by atoms with Crippen LogP contribution in [-0.4, -0.2) is 16.5 Å². The normalized spacial score (nSPS) is 22.8. The number of para-hydroxylation sites is 1. The van der Waals surface area contributed by atoms with E-state index in [9.17, 15) is 0 Å². The number of aliphatic hydroxyl groups is 1. The maximum atomic E-state index is 9.11. The van der Waals surface area contributed by atoms with Crippen molar-refractivity contribution in [2.75, 3.05) is 0 Å². The summed E-state index contributed by atoms with van der Waals surface area (Å²) in [6.07, 6.45) is 2.66. The van der Waals surface area contributed by atoms with Crippen LogP contribution in [0.1, 0.15) is 32.3 Å². The second kappa shape index (κ2) is 5.17. The van der Waals surface area contributed by atoms with Gasteiger partial charge < -0.3 is 10.5 Å². The monoisotopic (exact) mass is 242 g/mol. The zero-order valence-corrected chi connectivity index (χ0v) is 10.8. The van der Waals surface area contributed by atoms with Crippen LogP contribution in [0.3, 0.4) is 0 Å². The molecule has 2 rings (SSSR count). The molecule has 2 N–H and O–H groups in total. The SMILES string of the molecule is CC(=CO)c1ccccc1N=C1CC(=N)C(C)C1. The molecule has 1 aliphatic carbocycles. The highest BCUT2D eigenvalue weighted by atomic mass is 16.2. The summed E-state index contributed by atoms with van der Waals surface area (Å²) >= 11 is 0. The van der Waals surface area contributed by atoms with Crippen LogP contribution in [0.25, 0.3) is 5.57 Å². The molecule has 0 aromatic heterocycles. The van der Waals surface area contributed by atoms with Crippen molar-refractivity contribution in [2.24, 2.45) is 10.9 Å². The Balaban J connectivity index is 2.35. The van der Waals surface area contributed by atoms with Gasteiger partial charge in [0.15, 0.2) is 0 Å². The first-order chi connectivity index (χ1) is 8.61. The Morgan fingerprint density at radius 3 is 2.78 bits per heavy atom.